The fourth-order valence-corrected chi connectivity index (χ4v) is 4.39. The number of carbonyl (C=O) groups excluding carboxylic acids is 1. The molecule has 0 aliphatic heterocycles. The molecule has 1 heterocycles. The molecule has 1 aromatic heterocycles. The Labute approximate surface area is 166 Å². The molecule has 0 spiro atoms. The van der Waals surface area contributed by atoms with Gasteiger partial charge in [-0.25, -0.2) is 0 Å². The Hall–Kier alpha value is -2.58. The van der Waals surface area contributed by atoms with Gasteiger partial charge in [-0.05, 0) is 31.2 Å². The third-order valence-electron chi connectivity index (χ3n) is 3.83. The first-order chi connectivity index (χ1) is 13.1. The van der Waals surface area contributed by atoms with E-state index in [0.29, 0.717) is 5.13 Å². The Morgan fingerprint density at radius 3 is 2.70 bits per heavy atom. The number of carbonyl (C=O) groups is 1. The predicted octanol–water partition coefficient (Wildman–Crippen LogP) is 4.43. The number of nitrogens with one attached hydrogen (secondary N) is 1. The summed E-state index contributed by atoms with van der Waals surface area (Å²) >= 11 is 2.82. The van der Waals surface area contributed by atoms with Gasteiger partial charge in [0, 0.05) is 24.5 Å². The third-order valence-corrected chi connectivity index (χ3v) is 5.84. The lowest BCUT2D eigenvalue weighted by Crippen LogP contribution is -2.33. The molecule has 0 bridgehead atoms. The van der Waals surface area contributed by atoms with Crippen LogP contribution in [0.4, 0.5) is 16.5 Å². The van der Waals surface area contributed by atoms with Gasteiger partial charge in [0.25, 0.3) is 0 Å². The molecule has 0 fully saturated rings. The molecular formula is C19H20N4O2S2. The molecule has 2 aromatic carbocycles. The van der Waals surface area contributed by atoms with Gasteiger partial charge < -0.3 is 15.0 Å². The van der Waals surface area contributed by atoms with Gasteiger partial charge >= 0.3 is 0 Å². The summed E-state index contributed by atoms with van der Waals surface area (Å²) in [7, 11) is 3.41. The van der Waals surface area contributed by atoms with Crippen LogP contribution in [0.3, 0.4) is 0 Å². The minimum Gasteiger partial charge on any atom is -0.497 e. The van der Waals surface area contributed by atoms with Gasteiger partial charge in [-0.2, -0.15) is 0 Å². The lowest BCUT2D eigenvalue weighted by atomic mass is 10.3. The van der Waals surface area contributed by atoms with Gasteiger partial charge in [0.2, 0.25) is 11.0 Å². The topological polar surface area (TPSA) is 67.3 Å². The Morgan fingerprint density at radius 1 is 1.19 bits per heavy atom. The van der Waals surface area contributed by atoms with Gasteiger partial charge in [-0.3, -0.25) is 4.79 Å². The van der Waals surface area contributed by atoms with Crippen molar-refractivity contribution < 1.29 is 9.53 Å². The minimum absolute atomic E-state index is 0.0173. The number of methoxy groups -OCH3 is 1. The molecule has 1 amide bonds. The number of amides is 1. The third kappa shape index (κ3) is 4.99. The maximum atomic E-state index is 12.6. The number of aromatic nitrogens is 2. The van der Waals surface area contributed by atoms with E-state index in [0.717, 1.165) is 21.5 Å². The molecule has 8 heteroatoms. The van der Waals surface area contributed by atoms with E-state index >= 15 is 0 Å². The van der Waals surface area contributed by atoms with Crippen molar-refractivity contribution in [3.63, 3.8) is 0 Å². The summed E-state index contributed by atoms with van der Waals surface area (Å²) in [6.07, 6.45) is 0. The zero-order chi connectivity index (χ0) is 19.2. The lowest BCUT2D eigenvalue weighted by molar-refractivity contribution is -0.117. The van der Waals surface area contributed by atoms with Crippen molar-refractivity contribution in [3.05, 3.63) is 54.6 Å². The number of rotatable bonds is 7. The number of nitrogens with zero attached hydrogens (tertiary/aromatic N) is 3. The van der Waals surface area contributed by atoms with E-state index in [-0.39, 0.29) is 11.2 Å². The normalized spacial score (nSPS) is 11.7. The second-order valence-electron chi connectivity index (χ2n) is 5.72. The largest absolute Gasteiger partial charge is 0.497 e. The van der Waals surface area contributed by atoms with Crippen LogP contribution in [0.5, 0.6) is 5.75 Å². The van der Waals surface area contributed by atoms with Crippen LogP contribution in [-0.2, 0) is 4.79 Å². The first-order valence-corrected chi connectivity index (χ1v) is 10.0. The number of para-hydroxylation sites is 1. The first-order valence-electron chi connectivity index (χ1n) is 8.30. The van der Waals surface area contributed by atoms with Crippen molar-refractivity contribution >= 4 is 45.5 Å². The summed E-state index contributed by atoms with van der Waals surface area (Å²) in [5.41, 5.74) is 1.74. The molecule has 0 radical (unpaired) electrons. The van der Waals surface area contributed by atoms with Gasteiger partial charge in [0.1, 0.15) is 5.75 Å². The standard InChI is InChI=1S/C19H20N4O2S2/c1-13(17(24)23(2)15-9-5-4-6-10-15)26-19-22-21-18(27-19)20-14-8-7-11-16(12-14)25-3/h4-13H,1-3H3,(H,20,21)/t13-/m1/s1. The molecule has 0 saturated carbocycles. The molecule has 0 saturated heterocycles. The molecule has 27 heavy (non-hydrogen) atoms. The molecule has 0 unspecified atom stereocenters. The van der Waals surface area contributed by atoms with Crippen molar-refractivity contribution in [2.45, 2.75) is 16.5 Å². The quantitative estimate of drug-likeness (QED) is 0.592. The second-order valence-corrected chi connectivity index (χ2v) is 8.29. The number of hydrogen-bond donors (Lipinski definition) is 1. The van der Waals surface area contributed by atoms with Crippen LogP contribution in [0.25, 0.3) is 0 Å². The summed E-state index contributed by atoms with van der Waals surface area (Å²) in [6, 6.07) is 17.2. The van der Waals surface area contributed by atoms with Crippen LogP contribution in [0, 0.1) is 0 Å². The Balaban J connectivity index is 1.62. The predicted molar refractivity (Wildman–Crippen MR) is 111 cm³/mol. The summed E-state index contributed by atoms with van der Waals surface area (Å²) in [5.74, 6) is 0.783. The molecule has 3 rings (SSSR count). The molecule has 140 valence electrons. The fourth-order valence-electron chi connectivity index (χ4n) is 2.39. The minimum atomic E-state index is -0.271. The molecule has 0 aliphatic carbocycles. The van der Waals surface area contributed by atoms with Crippen molar-refractivity contribution in [2.24, 2.45) is 0 Å². The molecular weight excluding hydrogens is 380 g/mol. The number of anilines is 3. The molecule has 0 aliphatic rings. The average Bonchev–Trinajstić information content (AvgIpc) is 3.14. The Morgan fingerprint density at radius 2 is 1.96 bits per heavy atom. The first kappa shape index (κ1) is 19.2. The number of hydrogen-bond acceptors (Lipinski definition) is 7. The molecule has 3 aromatic rings. The molecule has 1 N–H and O–H groups in total. The summed E-state index contributed by atoms with van der Waals surface area (Å²) < 4.78 is 5.96. The van der Waals surface area contributed by atoms with Crippen molar-refractivity contribution in [1.82, 2.24) is 10.2 Å². The van der Waals surface area contributed by atoms with Crippen LogP contribution in [-0.4, -0.2) is 35.5 Å². The highest BCUT2D eigenvalue weighted by molar-refractivity contribution is 8.02. The van der Waals surface area contributed by atoms with Gasteiger partial charge in [0.05, 0.1) is 12.4 Å². The average molecular weight is 401 g/mol. The maximum absolute atomic E-state index is 12.6. The van der Waals surface area contributed by atoms with Crippen molar-refractivity contribution in [1.29, 1.82) is 0 Å². The maximum Gasteiger partial charge on any atom is 0.240 e. The van der Waals surface area contributed by atoms with Crippen molar-refractivity contribution in [3.8, 4) is 5.75 Å². The van der Waals surface area contributed by atoms with Gasteiger partial charge in [0.15, 0.2) is 4.34 Å². The van der Waals surface area contributed by atoms with Crippen LogP contribution >= 0.6 is 23.1 Å². The van der Waals surface area contributed by atoms with E-state index < -0.39 is 0 Å². The Bertz CT molecular complexity index is 901. The lowest BCUT2D eigenvalue weighted by Gasteiger charge is -2.20. The Kier molecular flexibility index (Phi) is 6.31. The zero-order valence-corrected chi connectivity index (χ0v) is 16.9. The van der Waals surface area contributed by atoms with Crippen molar-refractivity contribution in [2.75, 3.05) is 24.4 Å². The highest BCUT2D eigenvalue weighted by atomic mass is 32.2. The number of ether oxygens (including phenoxy) is 1. The van der Waals surface area contributed by atoms with E-state index in [4.69, 9.17) is 4.74 Å². The van der Waals surface area contributed by atoms with Crippen LogP contribution in [0.2, 0.25) is 0 Å². The fraction of sp³-hybridized carbons (Fsp3) is 0.211. The van der Waals surface area contributed by atoms with E-state index in [1.807, 2.05) is 61.5 Å². The summed E-state index contributed by atoms with van der Waals surface area (Å²) in [5, 5.41) is 11.9. The highest BCUT2D eigenvalue weighted by Gasteiger charge is 2.21. The van der Waals surface area contributed by atoms with E-state index in [1.165, 1.54) is 23.1 Å². The highest BCUT2D eigenvalue weighted by Crippen LogP contribution is 2.32. The summed E-state index contributed by atoms with van der Waals surface area (Å²) in [6.45, 7) is 1.88. The van der Waals surface area contributed by atoms with E-state index in [9.17, 15) is 4.79 Å². The van der Waals surface area contributed by atoms with E-state index in [2.05, 4.69) is 15.5 Å². The van der Waals surface area contributed by atoms with E-state index in [1.54, 1.807) is 19.1 Å². The summed E-state index contributed by atoms with van der Waals surface area (Å²) in [4.78, 5) is 14.3. The number of benzene rings is 2. The van der Waals surface area contributed by atoms with Crippen LogP contribution in [0.1, 0.15) is 6.92 Å². The zero-order valence-electron chi connectivity index (χ0n) is 15.2. The van der Waals surface area contributed by atoms with Crippen LogP contribution < -0.4 is 15.0 Å². The van der Waals surface area contributed by atoms with Gasteiger partial charge in [-0.1, -0.05) is 47.4 Å². The van der Waals surface area contributed by atoms with Gasteiger partial charge in [-0.15, -0.1) is 10.2 Å². The smallest absolute Gasteiger partial charge is 0.240 e. The molecule has 1 atom stereocenters. The van der Waals surface area contributed by atoms with Crippen LogP contribution in [0.15, 0.2) is 58.9 Å². The second kappa shape index (κ2) is 8.88. The SMILES string of the molecule is COc1cccc(Nc2nnc(S[C@H](C)C(=O)N(C)c3ccccc3)s2)c1. The molecule has 6 nitrogen and oxygen atoms in total. The monoisotopic (exact) mass is 400 g/mol. The number of thioether (sulfide) groups is 1.